The largest absolute Gasteiger partial charge is 0.466 e. The summed E-state index contributed by atoms with van der Waals surface area (Å²) in [5, 5.41) is 19.2. The van der Waals surface area contributed by atoms with Crippen molar-refractivity contribution in [3.8, 4) is 0 Å². The van der Waals surface area contributed by atoms with Gasteiger partial charge < -0.3 is 25.5 Å². The highest BCUT2D eigenvalue weighted by Gasteiger charge is 2.26. The number of nitrogens with zero attached hydrogens (tertiary/aromatic N) is 1. The van der Waals surface area contributed by atoms with E-state index in [1.807, 2.05) is 13.8 Å². The first kappa shape index (κ1) is 18.0. The van der Waals surface area contributed by atoms with E-state index in [1.54, 1.807) is 19.1 Å². The van der Waals surface area contributed by atoms with E-state index in [2.05, 4.69) is 20.9 Å². The Bertz CT molecular complexity index is 469. The molecule has 1 aromatic heterocycles. The van der Waals surface area contributed by atoms with Crippen molar-refractivity contribution in [3.63, 3.8) is 0 Å². The molecule has 0 fully saturated rings. The minimum absolute atomic E-state index is 0.0399. The van der Waals surface area contributed by atoms with Gasteiger partial charge in [0.15, 0.2) is 5.96 Å². The minimum Gasteiger partial charge on any atom is -0.466 e. The lowest BCUT2D eigenvalue weighted by Gasteiger charge is -2.22. The maximum Gasteiger partial charge on any atom is 0.241 e. The van der Waals surface area contributed by atoms with E-state index >= 15 is 0 Å². The van der Waals surface area contributed by atoms with E-state index in [0.29, 0.717) is 24.8 Å². The van der Waals surface area contributed by atoms with Crippen LogP contribution < -0.4 is 16.0 Å². The molecule has 1 aromatic rings. The summed E-state index contributed by atoms with van der Waals surface area (Å²) in [6.07, 6.45) is 2.40. The molecule has 0 aliphatic carbocycles. The Morgan fingerprint density at radius 2 is 2.14 bits per heavy atom. The summed E-state index contributed by atoms with van der Waals surface area (Å²) in [6.45, 7) is 7.12. The lowest BCUT2D eigenvalue weighted by Crippen LogP contribution is -2.45. The van der Waals surface area contributed by atoms with Crippen molar-refractivity contribution in [2.24, 2.45) is 4.99 Å². The molecule has 1 heterocycles. The molecule has 1 amide bonds. The van der Waals surface area contributed by atoms with Crippen LogP contribution in [-0.2, 0) is 10.4 Å². The van der Waals surface area contributed by atoms with Gasteiger partial charge in [0.2, 0.25) is 5.91 Å². The molecule has 1 atom stereocenters. The van der Waals surface area contributed by atoms with Gasteiger partial charge in [-0.3, -0.25) is 4.79 Å². The molecule has 1 rings (SSSR count). The fourth-order valence-electron chi connectivity index (χ4n) is 1.74. The first-order chi connectivity index (χ1) is 10.5. The van der Waals surface area contributed by atoms with Crippen molar-refractivity contribution >= 4 is 11.9 Å². The summed E-state index contributed by atoms with van der Waals surface area (Å²) in [5.41, 5.74) is -1.16. The summed E-state index contributed by atoms with van der Waals surface area (Å²) >= 11 is 0. The zero-order valence-electron chi connectivity index (χ0n) is 13.5. The third-order valence-corrected chi connectivity index (χ3v) is 2.95. The lowest BCUT2D eigenvalue weighted by molar-refractivity contribution is -0.119. The number of amides is 1. The highest BCUT2D eigenvalue weighted by molar-refractivity contribution is 5.84. The Morgan fingerprint density at radius 3 is 2.73 bits per heavy atom. The molecular formula is C15H26N4O3. The monoisotopic (exact) mass is 310 g/mol. The Balaban J connectivity index is 2.54. The van der Waals surface area contributed by atoms with Crippen LogP contribution in [0.1, 0.15) is 33.0 Å². The van der Waals surface area contributed by atoms with Gasteiger partial charge in [0.1, 0.15) is 17.9 Å². The Morgan fingerprint density at radius 1 is 1.36 bits per heavy atom. The first-order valence-corrected chi connectivity index (χ1v) is 7.54. The van der Waals surface area contributed by atoms with Gasteiger partial charge in [0.25, 0.3) is 0 Å². The highest BCUT2D eigenvalue weighted by atomic mass is 16.4. The van der Waals surface area contributed by atoms with Gasteiger partial charge in [-0.05, 0) is 32.4 Å². The summed E-state index contributed by atoms with van der Waals surface area (Å²) in [6, 6.07) is 3.44. The number of hydrogen-bond acceptors (Lipinski definition) is 4. The van der Waals surface area contributed by atoms with Gasteiger partial charge in [-0.2, -0.15) is 0 Å². The Hall–Kier alpha value is -2.02. The second kappa shape index (κ2) is 9.09. The second-order valence-corrected chi connectivity index (χ2v) is 5.15. The molecule has 0 spiro atoms. The number of hydrogen-bond donors (Lipinski definition) is 4. The normalized spacial score (nSPS) is 14.3. The van der Waals surface area contributed by atoms with Crippen LogP contribution in [0.4, 0.5) is 0 Å². The number of rotatable bonds is 8. The predicted octanol–water partition coefficient (Wildman–Crippen LogP) is 0.568. The van der Waals surface area contributed by atoms with E-state index in [1.165, 1.54) is 6.26 Å². The first-order valence-electron chi connectivity index (χ1n) is 7.54. The second-order valence-electron chi connectivity index (χ2n) is 5.15. The molecular weight excluding hydrogens is 284 g/mol. The molecule has 0 radical (unpaired) electrons. The number of furan rings is 1. The van der Waals surface area contributed by atoms with Crippen molar-refractivity contribution in [3.05, 3.63) is 24.2 Å². The number of nitrogens with one attached hydrogen (secondary N) is 3. The quantitative estimate of drug-likeness (QED) is 0.415. The van der Waals surface area contributed by atoms with Crippen LogP contribution in [0, 0.1) is 0 Å². The third-order valence-electron chi connectivity index (χ3n) is 2.95. The fraction of sp³-hybridized carbons (Fsp3) is 0.600. The van der Waals surface area contributed by atoms with Crippen molar-refractivity contribution in [2.75, 3.05) is 26.2 Å². The number of aliphatic hydroxyl groups is 1. The summed E-state index contributed by atoms with van der Waals surface area (Å²) in [7, 11) is 0. The van der Waals surface area contributed by atoms with Gasteiger partial charge in [-0.25, -0.2) is 4.99 Å². The molecule has 22 heavy (non-hydrogen) atoms. The lowest BCUT2D eigenvalue weighted by atomic mass is 10.0. The van der Waals surface area contributed by atoms with Crippen LogP contribution in [0.2, 0.25) is 0 Å². The summed E-state index contributed by atoms with van der Waals surface area (Å²) in [4.78, 5) is 15.8. The zero-order chi connectivity index (χ0) is 16.4. The van der Waals surface area contributed by atoms with E-state index < -0.39 is 5.60 Å². The van der Waals surface area contributed by atoms with E-state index in [0.717, 1.165) is 6.42 Å². The average Bonchev–Trinajstić information content (AvgIpc) is 3.03. The number of guanidine groups is 1. The molecule has 7 nitrogen and oxygen atoms in total. The van der Waals surface area contributed by atoms with E-state index in [9.17, 15) is 9.90 Å². The van der Waals surface area contributed by atoms with Gasteiger partial charge in [0.05, 0.1) is 12.8 Å². The smallest absolute Gasteiger partial charge is 0.241 e. The molecule has 0 bridgehead atoms. The topological polar surface area (TPSA) is 98.9 Å². The zero-order valence-corrected chi connectivity index (χ0v) is 13.5. The van der Waals surface area contributed by atoms with Crippen LogP contribution in [-0.4, -0.2) is 43.2 Å². The molecule has 4 N–H and O–H groups in total. The van der Waals surface area contributed by atoms with Gasteiger partial charge in [-0.1, -0.05) is 6.92 Å². The van der Waals surface area contributed by atoms with Gasteiger partial charge >= 0.3 is 0 Å². The summed E-state index contributed by atoms with van der Waals surface area (Å²) < 4.78 is 5.22. The molecule has 0 aromatic carbocycles. The summed E-state index contributed by atoms with van der Waals surface area (Å²) in [5.74, 6) is 0.814. The number of aliphatic imine (C=N–C) groups is 1. The van der Waals surface area contributed by atoms with Crippen molar-refractivity contribution < 1.29 is 14.3 Å². The van der Waals surface area contributed by atoms with Gasteiger partial charge in [0, 0.05) is 13.1 Å². The van der Waals surface area contributed by atoms with Crippen LogP contribution in [0.15, 0.2) is 27.8 Å². The standard InChI is InChI=1S/C15H26N4O3/c1-4-8-17-13(20)10-18-14(16-5-2)19-11-15(3,21)12-7-6-9-22-12/h6-7,9,21H,4-5,8,10-11H2,1-3H3,(H,17,20)(H2,16,18,19). The number of carbonyl (C=O) groups excluding carboxylic acids is 1. The highest BCUT2D eigenvalue weighted by Crippen LogP contribution is 2.19. The predicted molar refractivity (Wildman–Crippen MR) is 85.6 cm³/mol. The molecule has 1 unspecified atom stereocenters. The number of carbonyl (C=O) groups is 1. The van der Waals surface area contributed by atoms with Crippen molar-refractivity contribution in [1.82, 2.24) is 16.0 Å². The SMILES string of the molecule is CCCNC(=O)CN=C(NCC)NCC(C)(O)c1ccco1. The van der Waals surface area contributed by atoms with E-state index in [4.69, 9.17) is 4.42 Å². The van der Waals surface area contributed by atoms with Crippen LogP contribution in [0.5, 0.6) is 0 Å². The molecule has 0 aliphatic rings. The Kier molecular flexibility index (Phi) is 7.45. The molecule has 0 aliphatic heterocycles. The van der Waals surface area contributed by atoms with Crippen molar-refractivity contribution in [1.29, 1.82) is 0 Å². The molecule has 0 saturated carbocycles. The van der Waals surface area contributed by atoms with Crippen LogP contribution in [0.3, 0.4) is 0 Å². The molecule has 0 saturated heterocycles. The average molecular weight is 310 g/mol. The maximum absolute atomic E-state index is 11.6. The van der Waals surface area contributed by atoms with Crippen molar-refractivity contribution in [2.45, 2.75) is 32.8 Å². The third kappa shape index (κ3) is 6.17. The minimum atomic E-state index is -1.16. The van der Waals surface area contributed by atoms with Crippen LogP contribution >= 0.6 is 0 Å². The van der Waals surface area contributed by atoms with Crippen LogP contribution in [0.25, 0.3) is 0 Å². The maximum atomic E-state index is 11.6. The molecule has 124 valence electrons. The van der Waals surface area contributed by atoms with Gasteiger partial charge in [-0.15, -0.1) is 0 Å². The van der Waals surface area contributed by atoms with E-state index in [-0.39, 0.29) is 19.0 Å². The Labute approximate surface area is 131 Å². The fourth-order valence-corrected chi connectivity index (χ4v) is 1.74. The molecule has 7 heteroatoms.